The van der Waals surface area contributed by atoms with Crippen molar-refractivity contribution in [1.29, 1.82) is 0 Å². The molecule has 10 nitrogen and oxygen atoms in total. The fourth-order valence-electron chi connectivity index (χ4n) is 6.12. The minimum absolute atomic E-state index is 0.111. The van der Waals surface area contributed by atoms with Gasteiger partial charge >= 0.3 is 6.09 Å². The van der Waals surface area contributed by atoms with E-state index in [0.29, 0.717) is 42.8 Å². The number of fused-ring (bicyclic) bond motifs is 1. The number of benzene rings is 2. The summed E-state index contributed by atoms with van der Waals surface area (Å²) in [4.78, 5) is 31.1. The smallest absolute Gasteiger partial charge is 0.433 e. The van der Waals surface area contributed by atoms with E-state index in [9.17, 15) is 9.90 Å². The van der Waals surface area contributed by atoms with Crippen molar-refractivity contribution in [2.45, 2.75) is 38.3 Å². The van der Waals surface area contributed by atoms with Crippen LogP contribution in [0.2, 0.25) is 5.02 Å². The third kappa shape index (κ3) is 5.96. The molecule has 0 spiro atoms. The molecule has 1 aliphatic heterocycles. The van der Waals surface area contributed by atoms with Crippen molar-refractivity contribution in [2.24, 2.45) is 22.6 Å². The first-order chi connectivity index (χ1) is 21.3. The van der Waals surface area contributed by atoms with E-state index in [2.05, 4.69) is 30.3 Å². The van der Waals surface area contributed by atoms with E-state index in [-0.39, 0.29) is 40.6 Å². The number of hydrogen-bond donors (Lipinski definition) is 2. The molecule has 1 amide bonds. The summed E-state index contributed by atoms with van der Waals surface area (Å²) >= 11 is 6.33. The van der Waals surface area contributed by atoms with Gasteiger partial charge in [-0.05, 0) is 55.4 Å². The highest BCUT2D eigenvalue weighted by Crippen LogP contribution is 2.38. The predicted octanol–water partition coefficient (Wildman–Crippen LogP) is 5.69. The molecular weight excluding hydrogens is 585 g/mol. The number of imidazole rings is 1. The summed E-state index contributed by atoms with van der Waals surface area (Å²) in [6.07, 6.45) is 7.92. The van der Waals surface area contributed by atoms with Crippen molar-refractivity contribution in [1.82, 2.24) is 19.5 Å². The largest absolute Gasteiger partial charge is 0.463 e. The summed E-state index contributed by atoms with van der Waals surface area (Å²) in [7, 11) is 0. The molecule has 44 heavy (non-hydrogen) atoms. The molecule has 3 N–H and O–H groups in total. The maximum absolute atomic E-state index is 15.5. The van der Waals surface area contributed by atoms with E-state index in [4.69, 9.17) is 33.5 Å². The molecule has 4 aromatic rings. The Morgan fingerprint density at radius 2 is 1.93 bits per heavy atom. The molecule has 6 rings (SSSR count). The molecule has 3 heterocycles. The van der Waals surface area contributed by atoms with Crippen LogP contribution >= 0.6 is 11.6 Å². The van der Waals surface area contributed by atoms with Gasteiger partial charge in [0.2, 0.25) is 5.95 Å². The van der Waals surface area contributed by atoms with Gasteiger partial charge in [-0.3, -0.25) is 0 Å². The summed E-state index contributed by atoms with van der Waals surface area (Å²) in [6.45, 7) is 2.06. The number of amides is 1. The Hall–Kier alpha value is -4.53. The lowest BCUT2D eigenvalue weighted by Gasteiger charge is -2.37. The highest BCUT2D eigenvalue weighted by molar-refractivity contribution is 6.30. The van der Waals surface area contributed by atoms with Gasteiger partial charge < -0.3 is 25.0 Å². The van der Waals surface area contributed by atoms with Crippen molar-refractivity contribution in [3.63, 3.8) is 0 Å². The number of ether oxygens (including phenoxy) is 1. The van der Waals surface area contributed by atoms with Gasteiger partial charge in [-0.25, -0.2) is 19.2 Å². The molecule has 1 unspecified atom stereocenters. The number of morpholine rings is 1. The molecule has 1 aliphatic carbocycles. The van der Waals surface area contributed by atoms with Crippen LogP contribution in [0, 0.1) is 30.0 Å². The number of hydrogen-bond acceptors (Lipinski definition) is 6. The van der Waals surface area contributed by atoms with Gasteiger partial charge in [0.05, 0.1) is 19.3 Å². The number of aliphatic imine (C=N–C) groups is 1. The van der Waals surface area contributed by atoms with Crippen molar-refractivity contribution in [3.8, 4) is 23.6 Å². The first kappa shape index (κ1) is 29.5. The molecule has 226 valence electrons. The first-order valence-corrected chi connectivity index (χ1v) is 14.9. The third-order valence-corrected chi connectivity index (χ3v) is 8.54. The average molecular weight is 616 g/mol. The van der Waals surface area contributed by atoms with Crippen molar-refractivity contribution >= 4 is 40.6 Å². The second-order valence-corrected chi connectivity index (χ2v) is 11.5. The van der Waals surface area contributed by atoms with E-state index in [0.717, 1.165) is 31.2 Å². The minimum atomic E-state index is -1.51. The quantitative estimate of drug-likeness (QED) is 0.161. The number of nitrogens with two attached hydrogens (primary N) is 1. The molecule has 12 heteroatoms. The van der Waals surface area contributed by atoms with Gasteiger partial charge in [-0.2, -0.15) is 9.98 Å². The van der Waals surface area contributed by atoms with E-state index in [1.165, 1.54) is 18.2 Å². The zero-order chi connectivity index (χ0) is 30.8. The average Bonchev–Trinajstić information content (AvgIpc) is 3.40. The lowest BCUT2D eigenvalue weighted by atomic mass is 9.82. The number of amidine groups is 1. The second-order valence-electron chi connectivity index (χ2n) is 11.1. The summed E-state index contributed by atoms with van der Waals surface area (Å²) in [5, 5.41) is 9.55. The monoisotopic (exact) mass is 615 g/mol. The number of carboxylic acid groups (broad SMARTS) is 1. The van der Waals surface area contributed by atoms with Crippen molar-refractivity contribution < 1.29 is 19.0 Å². The zero-order valence-corrected chi connectivity index (χ0v) is 24.6. The van der Waals surface area contributed by atoms with Crippen molar-refractivity contribution in [3.05, 3.63) is 70.8 Å². The van der Waals surface area contributed by atoms with Gasteiger partial charge in [-0.15, -0.1) is 12.3 Å². The summed E-state index contributed by atoms with van der Waals surface area (Å²) < 4.78 is 23.5. The summed E-state index contributed by atoms with van der Waals surface area (Å²) in [6, 6.07) is 14.1. The first-order valence-electron chi connectivity index (χ1n) is 14.5. The molecule has 1 saturated heterocycles. The number of carbonyl (C=O) groups is 1. The van der Waals surface area contributed by atoms with E-state index >= 15 is 4.39 Å². The van der Waals surface area contributed by atoms with Crippen LogP contribution in [-0.4, -0.2) is 56.3 Å². The van der Waals surface area contributed by atoms with Crippen LogP contribution < -0.4 is 10.6 Å². The molecule has 0 bridgehead atoms. The number of anilines is 1. The normalized spacial score (nSPS) is 20.9. The van der Waals surface area contributed by atoms with Crippen LogP contribution in [0.3, 0.4) is 0 Å². The third-order valence-electron chi connectivity index (χ3n) is 8.30. The van der Waals surface area contributed by atoms with Gasteiger partial charge in [-0.1, -0.05) is 41.9 Å². The van der Waals surface area contributed by atoms with Crippen LogP contribution in [0.5, 0.6) is 0 Å². The maximum Gasteiger partial charge on any atom is 0.433 e. The van der Waals surface area contributed by atoms with Gasteiger partial charge in [0, 0.05) is 29.6 Å². The fraction of sp³-hybridized carbons (Fsp3) is 0.344. The van der Waals surface area contributed by atoms with Crippen LogP contribution in [0.4, 0.5) is 15.1 Å². The number of nitrogens with zero attached hydrogens (tertiary/aromatic N) is 6. The maximum atomic E-state index is 15.5. The fourth-order valence-corrected chi connectivity index (χ4v) is 6.29. The lowest BCUT2D eigenvalue weighted by Crippen LogP contribution is -2.41. The highest BCUT2D eigenvalue weighted by Gasteiger charge is 2.33. The lowest BCUT2D eigenvalue weighted by molar-refractivity contribution is 0.0927. The van der Waals surface area contributed by atoms with Gasteiger partial charge in [0.25, 0.3) is 0 Å². The number of halogens is 2. The highest BCUT2D eigenvalue weighted by atomic mass is 35.5. The van der Waals surface area contributed by atoms with Crippen molar-refractivity contribution in [2.75, 3.05) is 24.7 Å². The number of terminal acetylenes is 1. The number of rotatable bonds is 6. The Balaban J connectivity index is 1.59. The molecule has 2 aromatic carbocycles. The molecule has 0 radical (unpaired) electrons. The SMILES string of the molecule is C#CC1CCC(Cn2c(N3CCOCC3c3ccccc3)nc3nc(C(N)=NC(=O)O)nc(-c4cc(Cl)ccc4F)c32)CC1. The van der Waals surface area contributed by atoms with E-state index < -0.39 is 17.7 Å². The van der Waals surface area contributed by atoms with Crippen LogP contribution in [0.15, 0.2) is 53.5 Å². The summed E-state index contributed by atoms with van der Waals surface area (Å²) in [5.41, 5.74) is 8.10. The molecule has 2 fully saturated rings. The van der Waals surface area contributed by atoms with Crippen LogP contribution in [0.1, 0.15) is 43.1 Å². The van der Waals surface area contributed by atoms with Crippen LogP contribution in [0.25, 0.3) is 22.4 Å². The predicted molar refractivity (Wildman–Crippen MR) is 166 cm³/mol. The van der Waals surface area contributed by atoms with Gasteiger partial charge in [0.15, 0.2) is 17.3 Å². The second kappa shape index (κ2) is 12.6. The molecule has 1 atom stereocenters. The minimum Gasteiger partial charge on any atom is -0.463 e. The Bertz CT molecular complexity index is 1760. The molecular formula is C32H31ClFN7O3. The topological polar surface area (TPSA) is 132 Å². The molecule has 2 aliphatic rings. The molecule has 1 saturated carbocycles. The molecule has 2 aromatic heterocycles. The standard InChI is InChI=1S/C32H31ClFN7O3/c1-2-19-8-10-20(11-9-19)17-41-27-26(23-16-22(33)12-13-24(23)34)36-30(28(35)37-32(42)43)38-29(27)39-31(41)40-14-15-44-18-25(40)21-6-4-3-5-7-21/h1,3-7,12-13,16,19-20,25H,8-11,14-15,17-18H2,(H2,35,37)(H,42,43). The summed E-state index contributed by atoms with van der Waals surface area (Å²) in [5.74, 6) is 2.88. The van der Waals surface area contributed by atoms with Crippen LogP contribution in [-0.2, 0) is 11.3 Å². The Morgan fingerprint density at radius 1 is 1.16 bits per heavy atom. The Kier molecular flexibility index (Phi) is 8.46. The Labute approximate surface area is 258 Å². The van der Waals surface area contributed by atoms with E-state index in [1.54, 1.807) is 0 Å². The van der Waals surface area contributed by atoms with E-state index in [1.807, 2.05) is 30.3 Å². The Morgan fingerprint density at radius 3 is 2.66 bits per heavy atom. The zero-order valence-electron chi connectivity index (χ0n) is 23.9. The number of aromatic nitrogens is 4. The van der Waals surface area contributed by atoms with Gasteiger partial charge in [0.1, 0.15) is 17.0 Å².